The topological polar surface area (TPSA) is 59.8 Å². The third-order valence-corrected chi connectivity index (χ3v) is 3.20. The van der Waals surface area contributed by atoms with Crippen molar-refractivity contribution in [1.82, 2.24) is 14.8 Å². The Morgan fingerprint density at radius 2 is 2.17 bits per heavy atom. The zero-order valence-corrected chi connectivity index (χ0v) is 11.7. The van der Waals surface area contributed by atoms with Crippen LogP contribution >= 0.6 is 15.9 Å². The van der Waals surface area contributed by atoms with Gasteiger partial charge in [0.2, 0.25) is 11.9 Å². The highest BCUT2D eigenvalue weighted by Crippen LogP contribution is 2.16. The summed E-state index contributed by atoms with van der Waals surface area (Å²) in [6, 6.07) is 7.64. The number of nitrogens with zero attached hydrogens (tertiary/aromatic N) is 3. The molecule has 1 N–H and O–H groups in total. The molecule has 5 nitrogen and oxygen atoms in total. The van der Waals surface area contributed by atoms with Crippen molar-refractivity contribution >= 4 is 27.8 Å². The number of benzene rings is 1. The van der Waals surface area contributed by atoms with Crippen LogP contribution in [-0.2, 0) is 18.3 Å². The van der Waals surface area contributed by atoms with Crippen LogP contribution in [0.5, 0.6) is 0 Å². The number of rotatable bonds is 3. The van der Waals surface area contributed by atoms with Crippen LogP contribution in [0, 0.1) is 6.92 Å². The number of anilines is 1. The Labute approximate surface area is 113 Å². The van der Waals surface area contributed by atoms with Crippen LogP contribution in [0.1, 0.15) is 11.4 Å². The molecule has 94 valence electrons. The molecule has 2 aromatic rings. The van der Waals surface area contributed by atoms with Crippen LogP contribution in [0.3, 0.4) is 0 Å². The van der Waals surface area contributed by atoms with Gasteiger partial charge in [0.05, 0.1) is 6.42 Å². The largest absolute Gasteiger partial charge is 0.294 e. The van der Waals surface area contributed by atoms with Crippen molar-refractivity contribution in [3.8, 4) is 0 Å². The van der Waals surface area contributed by atoms with E-state index in [2.05, 4.69) is 31.3 Å². The molecule has 0 saturated heterocycles. The number of aromatic nitrogens is 3. The molecule has 2 rings (SSSR count). The second-order valence-corrected chi connectivity index (χ2v) is 4.78. The van der Waals surface area contributed by atoms with E-state index >= 15 is 0 Å². The first-order valence-electron chi connectivity index (χ1n) is 5.47. The van der Waals surface area contributed by atoms with Gasteiger partial charge in [-0.05, 0) is 18.6 Å². The lowest BCUT2D eigenvalue weighted by molar-refractivity contribution is -0.115. The summed E-state index contributed by atoms with van der Waals surface area (Å²) in [4.78, 5) is 16.0. The number of aryl methyl sites for hydroxylation is 2. The number of amides is 1. The Hall–Kier alpha value is -1.69. The lowest BCUT2D eigenvalue weighted by atomic mass is 10.1. The van der Waals surface area contributed by atoms with E-state index in [0.717, 1.165) is 10.0 Å². The van der Waals surface area contributed by atoms with E-state index < -0.39 is 0 Å². The van der Waals surface area contributed by atoms with Crippen molar-refractivity contribution in [2.75, 3.05) is 5.32 Å². The Kier molecular flexibility index (Phi) is 3.76. The van der Waals surface area contributed by atoms with Gasteiger partial charge >= 0.3 is 0 Å². The second-order valence-electron chi connectivity index (χ2n) is 3.92. The van der Waals surface area contributed by atoms with Crippen LogP contribution in [0.2, 0.25) is 0 Å². The average molecular weight is 309 g/mol. The lowest BCUT2D eigenvalue weighted by Crippen LogP contribution is -2.17. The third kappa shape index (κ3) is 2.95. The summed E-state index contributed by atoms with van der Waals surface area (Å²) in [6.45, 7) is 1.78. The summed E-state index contributed by atoms with van der Waals surface area (Å²) in [6.07, 6.45) is 0.299. The summed E-state index contributed by atoms with van der Waals surface area (Å²) in [5, 5.41) is 6.81. The van der Waals surface area contributed by atoms with E-state index in [1.807, 2.05) is 24.3 Å². The van der Waals surface area contributed by atoms with Crippen molar-refractivity contribution in [3.05, 3.63) is 40.1 Å². The van der Waals surface area contributed by atoms with E-state index in [1.165, 1.54) is 0 Å². The molecule has 0 aliphatic heterocycles. The number of carbonyl (C=O) groups excluding carboxylic acids is 1. The molecule has 1 heterocycles. The van der Waals surface area contributed by atoms with Gasteiger partial charge in [-0.2, -0.15) is 10.1 Å². The number of hydrogen-bond acceptors (Lipinski definition) is 3. The molecule has 0 atom stereocenters. The van der Waals surface area contributed by atoms with Gasteiger partial charge < -0.3 is 0 Å². The maximum Gasteiger partial charge on any atom is 0.231 e. The Morgan fingerprint density at radius 3 is 2.78 bits per heavy atom. The molecule has 0 aliphatic carbocycles. The van der Waals surface area contributed by atoms with Crippen molar-refractivity contribution in [1.29, 1.82) is 0 Å². The fraction of sp³-hybridized carbons (Fsp3) is 0.250. The number of hydrogen-bond donors (Lipinski definition) is 1. The highest BCUT2D eigenvalue weighted by molar-refractivity contribution is 9.10. The maximum absolute atomic E-state index is 11.9. The fourth-order valence-corrected chi connectivity index (χ4v) is 2.03. The molecule has 0 saturated carbocycles. The van der Waals surface area contributed by atoms with E-state index in [-0.39, 0.29) is 5.91 Å². The van der Waals surface area contributed by atoms with Crippen LogP contribution in [-0.4, -0.2) is 20.7 Å². The monoisotopic (exact) mass is 308 g/mol. The van der Waals surface area contributed by atoms with Crippen molar-refractivity contribution < 1.29 is 4.79 Å². The zero-order chi connectivity index (χ0) is 13.1. The standard InChI is InChI=1S/C12H13BrN4O/c1-8-14-12(17(2)16-8)15-11(18)7-9-5-3-4-6-10(9)13/h3-6H,7H2,1-2H3,(H,14,15,16,18). The quantitative estimate of drug-likeness (QED) is 0.944. The summed E-state index contributed by atoms with van der Waals surface area (Å²) in [5.74, 6) is 0.982. The zero-order valence-electron chi connectivity index (χ0n) is 10.1. The molecule has 0 bridgehead atoms. The van der Waals surface area contributed by atoms with E-state index in [4.69, 9.17) is 0 Å². The molecule has 0 aliphatic rings. The SMILES string of the molecule is Cc1nc(NC(=O)Cc2ccccc2Br)n(C)n1. The first-order chi connectivity index (χ1) is 8.56. The minimum absolute atomic E-state index is 0.114. The first-order valence-corrected chi connectivity index (χ1v) is 6.26. The highest BCUT2D eigenvalue weighted by Gasteiger charge is 2.10. The predicted octanol–water partition coefficient (Wildman–Crippen LogP) is 2.07. The number of carbonyl (C=O) groups is 1. The first kappa shape index (κ1) is 12.8. The van der Waals surface area contributed by atoms with Crippen LogP contribution in [0.15, 0.2) is 28.7 Å². The van der Waals surface area contributed by atoms with Gasteiger partial charge in [0, 0.05) is 11.5 Å². The molecular weight excluding hydrogens is 296 g/mol. The molecule has 1 aromatic heterocycles. The highest BCUT2D eigenvalue weighted by atomic mass is 79.9. The van der Waals surface area contributed by atoms with E-state index in [9.17, 15) is 4.79 Å². The van der Waals surface area contributed by atoms with Crippen LogP contribution in [0.25, 0.3) is 0 Å². The molecule has 18 heavy (non-hydrogen) atoms. The number of nitrogens with one attached hydrogen (secondary N) is 1. The van der Waals surface area contributed by atoms with Crippen LogP contribution < -0.4 is 5.32 Å². The lowest BCUT2D eigenvalue weighted by Gasteiger charge is -2.05. The van der Waals surface area contributed by atoms with Gasteiger partial charge in [-0.25, -0.2) is 4.68 Å². The summed E-state index contributed by atoms with van der Waals surface area (Å²) < 4.78 is 2.47. The fourth-order valence-electron chi connectivity index (χ4n) is 1.60. The van der Waals surface area contributed by atoms with Gasteiger partial charge in [-0.15, -0.1) is 0 Å². The third-order valence-electron chi connectivity index (χ3n) is 2.43. The Bertz CT molecular complexity index is 579. The minimum atomic E-state index is -0.114. The predicted molar refractivity (Wildman–Crippen MR) is 72.2 cm³/mol. The Balaban J connectivity index is 2.06. The van der Waals surface area contributed by atoms with Gasteiger partial charge in [0.25, 0.3) is 0 Å². The Morgan fingerprint density at radius 1 is 1.44 bits per heavy atom. The average Bonchev–Trinajstić information content (AvgIpc) is 2.61. The summed E-state index contributed by atoms with van der Waals surface area (Å²) in [5.41, 5.74) is 0.939. The molecule has 0 unspecified atom stereocenters. The summed E-state index contributed by atoms with van der Waals surface area (Å²) in [7, 11) is 1.74. The molecule has 0 spiro atoms. The molecular formula is C12H13BrN4O. The van der Waals surface area contributed by atoms with E-state index in [1.54, 1.807) is 18.7 Å². The van der Waals surface area contributed by atoms with Gasteiger partial charge in [-0.1, -0.05) is 34.1 Å². The minimum Gasteiger partial charge on any atom is -0.294 e. The maximum atomic E-state index is 11.9. The smallest absolute Gasteiger partial charge is 0.231 e. The van der Waals surface area contributed by atoms with Crippen molar-refractivity contribution in [2.45, 2.75) is 13.3 Å². The molecule has 0 fully saturated rings. The number of halogens is 1. The second kappa shape index (κ2) is 5.30. The van der Waals surface area contributed by atoms with Crippen molar-refractivity contribution in [3.63, 3.8) is 0 Å². The van der Waals surface area contributed by atoms with E-state index in [0.29, 0.717) is 18.2 Å². The summed E-state index contributed by atoms with van der Waals surface area (Å²) >= 11 is 3.42. The van der Waals surface area contributed by atoms with Gasteiger partial charge in [0.15, 0.2) is 0 Å². The van der Waals surface area contributed by atoms with Gasteiger partial charge in [0.1, 0.15) is 5.82 Å². The van der Waals surface area contributed by atoms with Crippen LogP contribution in [0.4, 0.5) is 5.95 Å². The van der Waals surface area contributed by atoms with Crippen molar-refractivity contribution in [2.24, 2.45) is 7.05 Å². The molecule has 1 amide bonds. The molecule has 1 aromatic carbocycles. The molecule has 0 radical (unpaired) electrons. The normalized spacial score (nSPS) is 10.4. The molecule has 6 heteroatoms. The van der Waals surface area contributed by atoms with Gasteiger partial charge in [-0.3, -0.25) is 10.1 Å².